The van der Waals surface area contributed by atoms with Crippen LogP contribution in [0.3, 0.4) is 0 Å². The van der Waals surface area contributed by atoms with Crippen molar-refractivity contribution in [2.24, 2.45) is 4.99 Å². The summed E-state index contributed by atoms with van der Waals surface area (Å²) in [7, 11) is 0. The Kier molecular flexibility index (Phi) is 1.90. The monoisotopic (exact) mass is 170 g/mol. The van der Waals surface area contributed by atoms with Crippen molar-refractivity contribution < 1.29 is 5.11 Å². The molecule has 1 fully saturated rings. The van der Waals surface area contributed by atoms with Gasteiger partial charge in [-0.15, -0.1) is 0 Å². The quantitative estimate of drug-likeness (QED) is 0.382. The maximum Gasteiger partial charge on any atom is 0.191 e. The van der Waals surface area contributed by atoms with Gasteiger partial charge < -0.3 is 21.1 Å². The molecule has 68 valence electrons. The van der Waals surface area contributed by atoms with Crippen molar-refractivity contribution in [3.63, 3.8) is 0 Å². The predicted octanol–water partition coefficient (Wildman–Crippen LogP) is -2.13. The van der Waals surface area contributed by atoms with Gasteiger partial charge in [-0.2, -0.15) is 0 Å². The molecule has 0 bridgehead atoms. The Balaban J connectivity index is 1.74. The van der Waals surface area contributed by atoms with Crippen LogP contribution in [0.4, 0.5) is 0 Å². The highest BCUT2D eigenvalue weighted by Crippen LogP contribution is 2.07. The second-order valence-electron chi connectivity index (χ2n) is 3.34. The molecule has 0 saturated carbocycles. The van der Waals surface area contributed by atoms with Crippen LogP contribution in [0.1, 0.15) is 0 Å². The molecule has 1 saturated heterocycles. The zero-order valence-corrected chi connectivity index (χ0v) is 6.93. The molecule has 0 aromatic heterocycles. The van der Waals surface area contributed by atoms with Gasteiger partial charge in [0, 0.05) is 26.2 Å². The molecule has 0 aromatic carbocycles. The van der Waals surface area contributed by atoms with E-state index in [1.165, 1.54) is 0 Å². The van der Waals surface area contributed by atoms with E-state index in [-0.39, 0.29) is 0 Å². The lowest BCUT2D eigenvalue weighted by atomic mass is 9.98. The van der Waals surface area contributed by atoms with E-state index in [0.717, 1.165) is 19.0 Å². The highest BCUT2D eigenvalue weighted by atomic mass is 16.3. The van der Waals surface area contributed by atoms with Gasteiger partial charge in [0.1, 0.15) is 5.60 Å². The largest absolute Gasteiger partial charge is 0.385 e. The summed E-state index contributed by atoms with van der Waals surface area (Å²) in [5.41, 5.74) is -0.563. The first-order valence-corrected chi connectivity index (χ1v) is 4.24. The normalized spacial score (nSPS) is 25.6. The van der Waals surface area contributed by atoms with Crippen LogP contribution in [0.25, 0.3) is 0 Å². The van der Waals surface area contributed by atoms with Gasteiger partial charge in [-0.3, -0.25) is 4.99 Å². The van der Waals surface area contributed by atoms with E-state index < -0.39 is 5.60 Å². The lowest BCUT2D eigenvalue weighted by Gasteiger charge is -2.37. The molecule has 0 spiro atoms. The van der Waals surface area contributed by atoms with E-state index in [2.05, 4.69) is 20.9 Å². The van der Waals surface area contributed by atoms with E-state index in [1.54, 1.807) is 0 Å². The molecule has 0 atom stereocenters. The van der Waals surface area contributed by atoms with Crippen molar-refractivity contribution in [2.45, 2.75) is 5.60 Å². The second-order valence-corrected chi connectivity index (χ2v) is 3.34. The zero-order chi connectivity index (χ0) is 8.44. The summed E-state index contributed by atoms with van der Waals surface area (Å²) in [5.74, 6) is 0.815. The molecule has 0 unspecified atom stereocenters. The molecule has 0 radical (unpaired) electrons. The Labute approximate surface area is 71.3 Å². The Morgan fingerprint density at radius 2 is 2.42 bits per heavy atom. The molecular formula is C7H14N4O. The maximum atomic E-state index is 9.66. The van der Waals surface area contributed by atoms with Gasteiger partial charge in [-0.1, -0.05) is 0 Å². The van der Waals surface area contributed by atoms with Crippen molar-refractivity contribution in [3.8, 4) is 0 Å². The lowest BCUT2D eigenvalue weighted by molar-refractivity contribution is -0.00476. The molecule has 5 nitrogen and oxygen atoms in total. The Morgan fingerprint density at radius 1 is 1.58 bits per heavy atom. The fourth-order valence-electron chi connectivity index (χ4n) is 1.30. The molecule has 2 heterocycles. The summed E-state index contributed by atoms with van der Waals surface area (Å²) in [6.45, 7) is 3.66. The molecule has 2 aliphatic heterocycles. The van der Waals surface area contributed by atoms with Crippen LogP contribution in [0.15, 0.2) is 4.99 Å². The average molecular weight is 170 g/mol. The van der Waals surface area contributed by atoms with Gasteiger partial charge in [0.25, 0.3) is 0 Å². The summed E-state index contributed by atoms with van der Waals surface area (Å²) in [5, 5.41) is 18.8. The molecule has 0 aromatic rings. The third-order valence-electron chi connectivity index (χ3n) is 2.17. The van der Waals surface area contributed by atoms with Gasteiger partial charge in [0.05, 0.1) is 6.54 Å². The minimum absolute atomic E-state index is 0.563. The fourth-order valence-corrected chi connectivity index (χ4v) is 1.30. The van der Waals surface area contributed by atoms with Crippen molar-refractivity contribution >= 4 is 5.96 Å². The molecule has 2 aliphatic rings. The van der Waals surface area contributed by atoms with Gasteiger partial charge in [-0.25, -0.2) is 0 Å². The van der Waals surface area contributed by atoms with Crippen molar-refractivity contribution in [2.75, 3.05) is 32.7 Å². The molecule has 2 rings (SSSR count). The van der Waals surface area contributed by atoms with E-state index in [9.17, 15) is 5.11 Å². The maximum absolute atomic E-state index is 9.66. The predicted molar refractivity (Wildman–Crippen MR) is 46.1 cm³/mol. The van der Waals surface area contributed by atoms with Gasteiger partial charge in [0.15, 0.2) is 5.96 Å². The number of aliphatic imine (C=N–C) groups is 1. The van der Waals surface area contributed by atoms with E-state index in [4.69, 9.17) is 0 Å². The van der Waals surface area contributed by atoms with E-state index >= 15 is 0 Å². The number of hydrogen-bond acceptors (Lipinski definition) is 5. The van der Waals surface area contributed by atoms with Gasteiger partial charge in [0.2, 0.25) is 0 Å². The topological polar surface area (TPSA) is 68.7 Å². The van der Waals surface area contributed by atoms with Gasteiger partial charge >= 0.3 is 0 Å². The van der Waals surface area contributed by atoms with E-state index in [0.29, 0.717) is 19.6 Å². The fraction of sp³-hybridized carbons (Fsp3) is 0.857. The average Bonchev–Trinajstić information content (AvgIpc) is 2.49. The van der Waals surface area contributed by atoms with Crippen LogP contribution in [0.5, 0.6) is 0 Å². The molecule has 4 N–H and O–H groups in total. The molecule has 0 aliphatic carbocycles. The third-order valence-corrected chi connectivity index (χ3v) is 2.17. The molecule has 0 amide bonds. The van der Waals surface area contributed by atoms with Crippen LogP contribution in [0, 0.1) is 0 Å². The second kappa shape index (κ2) is 2.91. The number of nitrogens with one attached hydrogen (secondary N) is 3. The lowest BCUT2D eigenvalue weighted by Crippen LogP contribution is -2.65. The number of rotatable bonds is 2. The minimum Gasteiger partial charge on any atom is -0.385 e. The minimum atomic E-state index is -0.563. The van der Waals surface area contributed by atoms with Crippen LogP contribution in [-0.4, -0.2) is 49.4 Å². The number of nitrogens with zero attached hydrogens (tertiary/aromatic N) is 1. The van der Waals surface area contributed by atoms with Crippen LogP contribution in [-0.2, 0) is 0 Å². The summed E-state index contributed by atoms with van der Waals surface area (Å²) in [6.07, 6.45) is 0. The molecular weight excluding hydrogens is 156 g/mol. The summed E-state index contributed by atoms with van der Waals surface area (Å²) in [4.78, 5) is 4.16. The number of guanidine groups is 1. The number of β-amino-alcohol motifs (C(OH)–C–C–N with tert-alkyl or cyclic N) is 1. The SMILES string of the molecule is OC1(CNC2=NCCN2)CNC1. The summed E-state index contributed by atoms with van der Waals surface area (Å²) in [6, 6.07) is 0. The van der Waals surface area contributed by atoms with Crippen LogP contribution >= 0.6 is 0 Å². The Bertz CT molecular complexity index is 200. The van der Waals surface area contributed by atoms with Crippen LogP contribution < -0.4 is 16.0 Å². The first-order valence-electron chi connectivity index (χ1n) is 4.24. The third kappa shape index (κ3) is 1.51. The summed E-state index contributed by atoms with van der Waals surface area (Å²) < 4.78 is 0. The first-order chi connectivity index (χ1) is 5.79. The van der Waals surface area contributed by atoms with Crippen molar-refractivity contribution in [1.82, 2.24) is 16.0 Å². The van der Waals surface area contributed by atoms with E-state index in [1.807, 2.05) is 0 Å². The molecule has 5 heteroatoms. The van der Waals surface area contributed by atoms with Crippen LogP contribution in [0.2, 0.25) is 0 Å². The number of hydrogen-bond donors (Lipinski definition) is 4. The summed E-state index contributed by atoms with van der Waals surface area (Å²) >= 11 is 0. The standard InChI is InChI=1S/C7H14N4O/c12-7(3-8-4-7)5-11-6-9-1-2-10-6/h8,12H,1-5H2,(H2,9,10,11). The molecule has 12 heavy (non-hydrogen) atoms. The zero-order valence-electron chi connectivity index (χ0n) is 6.93. The van der Waals surface area contributed by atoms with Gasteiger partial charge in [-0.05, 0) is 0 Å². The van der Waals surface area contributed by atoms with Crippen molar-refractivity contribution in [3.05, 3.63) is 0 Å². The first kappa shape index (κ1) is 7.82. The smallest absolute Gasteiger partial charge is 0.191 e. The highest BCUT2D eigenvalue weighted by Gasteiger charge is 2.34. The number of aliphatic hydroxyl groups is 1. The Hall–Kier alpha value is -0.810. The highest BCUT2D eigenvalue weighted by molar-refractivity contribution is 5.81. The Morgan fingerprint density at radius 3 is 2.92 bits per heavy atom. The van der Waals surface area contributed by atoms with Crippen molar-refractivity contribution in [1.29, 1.82) is 0 Å².